The molecule has 1 N–H and O–H groups in total. The van der Waals surface area contributed by atoms with Gasteiger partial charge in [0, 0.05) is 20.3 Å². The fourth-order valence-corrected chi connectivity index (χ4v) is 3.35. The Morgan fingerprint density at radius 1 is 1.44 bits per heavy atom. The van der Waals surface area contributed by atoms with Gasteiger partial charge in [-0.3, -0.25) is 0 Å². The Morgan fingerprint density at radius 3 is 2.89 bits per heavy atom. The molecule has 0 unspecified atom stereocenters. The van der Waals surface area contributed by atoms with Gasteiger partial charge in [-0.25, -0.2) is 4.98 Å². The Bertz CT molecular complexity index is 590. The molecule has 1 aliphatic carbocycles. The first-order chi connectivity index (χ1) is 8.63. The zero-order chi connectivity index (χ0) is 12.7. The van der Waals surface area contributed by atoms with Gasteiger partial charge in [-0.1, -0.05) is 0 Å². The van der Waals surface area contributed by atoms with E-state index in [0.717, 1.165) is 21.8 Å². The molecule has 3 nitrogen and oxygen atoms in total. The average Bonchev–Trinajstić information content (AvgIpc) is 3.08. The summed E-state index contributed by atoms with van der Waals surface area (Å²) in [5, 5.41) is 3.41. The van der Waals surface area contributed by atoms with Crippen LogP contribution >= 0.6 is 38.5 Å². The van der Waals surface area contributed by atoms with Crippen LogP contribution in [0.4, 0.5) is 11.6 Å². The smallest absolute Gasteiger partial charge is 0.207 e. The van der Waals surface area contributed by atoms with E-state index >= 15 is 0 Å². The van der Waals surface area contributed by atoms with Crippen LogP contribution in [0, 0.1) is 10.5 Å². The first kappa shape index (κ1) is 12.5. The van der Waals surface area contributed by atoms with Gasteiger partial charge in [0.15, 0.2) is 0 Å². The van der Waals surface area contributed by atoms with E-state index < -0.39 is 0 Å². The Balaban J connectivity index is 1.91. The van der Waals surface area contributed by atoms with Crippen LogP contribution in [0.1, 0.15) is 24.6 Å². The zero-order valence-corrected chi connectivity index (χ0v) is 13.7. The fraction of sp³-hybridized carbons (Fsp3) is 0.308. The maximum Gasteiger partial charge on any atom is 0.207 e. The maximum absolute atomic E-state index is 4.56. The summed E-state index contributed by atoms with van der Waals surface area (Å²) < 4.78 is 4.53. The van der Waals surface area contributed by atoms with E-state index in [2.05, 4.69) is 77.8 Å². The first-order valence-corrected chi connectivity index (χ1v) is 7.78. The van der Waals surface area contributed by atoms with Gasteiger partial charge in [-0.15, -0.1) is 0 Å². The molecule has 18 heavy (non-hydrogen) atoms. The summed E-state index contributed by atoms with van der Waals surface area (Å²) in [6, 6.07) is 6.90. The van der Waals surface area contributed by atoms with Crippen LogP contribution in [0.25, 0.3) is 0 Å². The number of aromatic nitrogens is 2. The number of nitrogens with zero attached hydrogens (tertiary/aromatic N) is 2. The summed E-state index contributed by atoms with van der Waals surface area (Å²) in [5.74, 6) is 0.942. The van der Waals surface area contributed by atoms with Gasteiger partial charge >= 0.3 is 0 Å². The lowest BCUT2D eigenvalue weighted by Gasteiger charge is -2.10. The highest BCUT2D eigenvalue weighted by Crippen LogP contribution is 2.38. The molecule has 0 radical (unpaired) electrons. The summed E-state index contributed by atoms with van der Waals surface area (Å²) in [7, 11) is 0. The van der Waals surface area contributed by atoms with Gasteiger partial charge in [0.1, 0.15) is 0 Å². The molecule has 1 fully saturated rings. The number of hydrogen-bond donors (Lipinski definition) is 1. The summed E-state index contributed by atoms with van der Waals surface area (Å²) >= 11 is 5.89. The van der Waals surface area contributed by atoms with E-state index in [1.165, 1.54) is 16.4 Å². The van der Waals surface area contributed by atoms with E-state index in [0.29, 0.717) is 6.04 Å². The van der Waals surface area contributed by atoms with Crippen LogP contribution in [0.2, 0.25) is 0 Å². The highest BCUT2D eigenvalue weighted by molar-refractivity contribution is 14.1. The van der Waals surface area contributed by atoms with Gasteiger partial charge in [0.2, 0.25) is 5.95 Å². The normalized spacial score (nSPS) is 14.8. The van der Waals surface area contributed by atoms with Crippen molar-refractivity contribution in [3.05, 3.63) is 38.1 Å². The topological polar surface area (TPSA) is 29.9 Å². The molecule has 1 aromatic heterocycles. The number of hydrogen-bond acceptors (Lipinski definition) is 2. The number of halogens is 2. The SMILES string of the molecule is Cc1cn(C2CC2)c(Nc2ccc(I)cc2Br)n1. The summed E-state index contributed by atoms with van der Waals surface area (Å²) in [5.41, 5.74) is 2.12. The Kier molecular flexibility index (Phi) is 3.36. The van der Waals surface area contributed by atoms with Crippen LogP contribution in [0.15, 0.2) is 28.9 Å². The monoisotopic (exact) mass is 417 g/mol. The second kappa shape index (κ2) is 4.85. The van der Waals surface area contributed by atoms with Crippen molar-refractivity contribution in [1.82, 2.24) is 9.55 Å². The van der Waals surface area contributed by atoms with Crippen LogP contribution < -0.4 is 5.32 Å². The average molecular weight is 418 g/mol. The van der Waals surface area contributed by atoms with Gasteiger partial charge in [-0.05, 0) is 76.5 Å². The van der Waals surface area contributed by atoms with Crippen molar-refractivity contribution in [2.75, 3.05) is 5.32 Å². The molecule has 0 amide bonds. The van der Waals surface area contributed by atoms with Crippen LogP contribution in [-0.4, -0.2) is 9.55 Å². The van der Waals surface area contributed by atoms with E-state index in [-0.39, 0.29) is 0 Å². The molecule has 1 aliphatic rings. The summed E-state index contributed by atoms with van der Waals surface area (Å²) in [6.45, 7) is 2.03. The molecule has 2 aromatic rings. The van der Waals surface area contributed by atoms with Crippen LogP contribution in [0.5, 0.6) is 0 Å². The van der Waals surface area contributed by atoms with E-state index in [4.69, 9.17) is 0 Å². The lowest BCUT2D eigenvalue weighted by atomic mass is 10.3. The van der Waals surface area contributed by atoms with Crippen molar-refractivity contribution >= 4 is 50.2 Å². The van der Waals surface area contributed by atoms with Gasteiger partial charge < -0.3 is 9.88 Å². The third-order valence-electron chi connectivity index (χ3n) is 2.97. The van der Waals surface area contributed by atoms with Crippen molar-refractivity contribution in [3.8, 4) is 0 Å². The fourth-order valence-electron chi connectivity index (χ4n) is 1.95. The predicted molar refractivity (Wildman–Crippen MR) is 85.4 cm³/mol. The maximum atomic E-state index is 4.56. The third kappa shape index (κ3) is 2.56. The number of nitrogens with one attached hydrogen (secondary N) is 1. The molecule has 0 saturated heterocycles. The quantitative estimate of drug-likeness (QED) is 0.737. The first-order valence-electron chi connectivity index (χ1n) is 5.91. The second-order valence-electron chi connectivity index (χ2n) is 4.59. The van der Waals surface area contributed by atoms with Crippen molar-refractivity contribution in [1.29, 1.82) is 0 Å². The Hall–Kier alpha value is -0.560. The van der Waals surface area contributed by atoms with Crippen LogP contribution in [-0.2, 0) is 0 Å². The molecule has 94 valence electrons. The third-order valence-corrected chi connectivity index (χ3v) is 4.30. The minimum absolute atomic E-state index is 0.635. The largest absolute Gasteiger partial charge is 0.325 e. The van der Waals surface area contributed by atoms with E-state index in [9.17, 15) is 0 Å². The molecule has 1 heterocycles. The summed E-state index contributed by atoms with van der Waals surface area (Å²) in [6.07, 6.45) is 4.65. The molecule has 1 aromatic carbocycles. The second-order valence-corrected chi connectivity index (χ2v) is 6.69. The van der Waals surface area contributed by atoms with Gasteiger partial charge in [0.05, 0.1) is 11.4 Å². The lowest BCUT2D eigenvalue weighted by Crippen LogP contribution is -2.01. The highest BCUT2D eigenvalue weighted by Gasteiger charge is 2.26. The van der Waals surface area contributed by atoms with Crippen LogP contribution in [0.3, 0.4) is 0 Å². The Labute approximate surface area is 128 Å². The van der Waals surface area contributed by atoms with Gasteiger partial charge in [-0.2, -0.15) is 0 Å². The predicted octanol–water partition coefficient (Wildman–Crippen LogP) is 4.64. The molecule has 5 heteroatoms. The molecule has 1 saturated carbocycles. The van der Waals surface area contributed by atoms with E-state index in [1.807, 2.05) is 6.92 Å². The van der Waals surface area contributed by atoms with Crippen molar-refractivity contribution in [3.63, 3.8) is 0 Å². The minimum Gasteiger partial charge on any atom is -0.325 e. The molecule has 3 rings (SSSR count). The Morgan fingerprint density at radius 2 is 2.22 bits per heavy atom. The lowest BCUT2D eigenvalue weighted by molar-refractivity contribution is 0.750. The molecular weight excluding hydrogens is 405 g/mol. The number of aryl methyl sites for hydroxylation is 1. The van der Waals surface area contributed by atoms with Crippen molar-refractivity contribution < 1.29 is 0 Å². The number of benzene rings is 1. The number of imidazole rings is 1. The number of rotatable bonds is 3. The van der Waals surface area contributed by atoms with Crippen molar-refractivity contribution in [2.24, 2.45) is 0 Å². The van der Waals surface area contributed by atoms with Gasteiger partial charge in [0.25, 0.3) is 0 Å². The molecule has 0 bridgehead atoms. The number of anilines is 2. The molecule has 0 atom stereocenters. The van der Waals surface area contributed by atoms with Crippen molar-refractivity contribution in [2.45, 2.75) is 25.8 Å². The van der Waals surface area contributed by atoms with E-state index in [1.54, 1.807) is 0 Å². The standard InChI is InChI=1S/C13H13BrIN3/c1-8-7-18(10-3-4-10)13(16-8)17-12-5-2-9(15)6-11(12)14/h2,5-7,10H,3-4H2,1H3,(H,16,17). The molecule has 0 spiro atoms. The highest BCUT2D eigenvalue weighted by atomic mass is 127. The molecule has 0 aliphatic heterocycles. The minimum atomic E-state index is 0.635. The molecular formula is C13H13BrIN3. The summed E-state index contributed by atoms with van der Waals surface area (Å²) in [4.78, 5) is 4.56. The zero-order valence-electron chi connectivity index (χ0n) is 9.95.